The minimum absolute atomic E-state index is 0.0995. The summed E-state index contributed by atoms with van der Waals surface area (Å²) in [6.07, 6.45) is 8.34. The lowest BCUT2D eigenvalue weighted by Crippen LogP contribution is -2.34. The Hall–Kier alpha value is -2.18. The summed E-state index contributed by atoms with van der Waals surface area (Å²) in [6.45, 7) is 20.8. The average Bonchev–Trinajstić information content (AvgIpc) is 3.43. The van der Waals surface area contributed by atoms with E-state index in [2.05, 4.69) is 57.7 Å². The Morgan fingerprint density at radius 1 is 1.30 bits per heavy atom. The lowest BCUT2D eigenvalue weighted by Gasteiger charge is -2.29. The van der Waals surface area contributed by atoms with Crippen LogP contribution in [0.1, 0.15) is 73.1 Å². The van der Waals surface area contributed by atoms with Crippen molar-refractivity contribution in [2.75, 3.05) is 6.54 Å². The first-order valence-electron chi connectivity index (χ1n) is 10.5. The van der Waals surface area contributed by atoms with Gasteiger partial charge in [-0.25, -0.2) is 0 Å². The molecule has 1 aliphatic carbocycles. The van der Waals surface area contributed by atoms with E-state index in [1.807, 2.05) is 11.0 Å². The van der Waals surface area contributed by atoms with Crippen molar-refractivity contribution in [1.82, 2.24) is 10.2 Å². The second-order valence-corrected chi connectivity index (χ2v) is 8.20. The van der Waals surface area contributed by atoms with Gasteiger partial charge in [-0.1, -0.05) is 26.8 Å². The van der Waals surface area contributed by atoms with Gasteiger partial charge in [-0.3, -0.25) is 19.3 Å². The molecule has 2 aliphatic rings. The van der Waals surface area contributed by atoms with Crippen molar-refractivity contribution >= 4 is 18.3 Å². The monoisotopic (exact) mass is 428 g/mol. The van der Waals surface area contributed by atoms with Gasteiger partial charge in [-0.2, -0.15) is 0 Å². The van der Waals surface area contributed by atoms with Crippen LogP contribution in [0.15, 0.2) is 25.8 Å². The molecule has 1 heterocycles. The summed E-state index contributed by atoms with van der Waals surface area (Å²) in [5.41, 5.74) is 0.122. The average molecular weight is 429 g/mol. The number of amides is 2. The van der Waals surface area contributed by atoms with E-state index in [4.69, 9.17) is 4.79 Å². The van der Waals surface area contributed by atoms with Crippen LogP contribution in [0.4, 0.5) is 4.53 Å². The highest BCUT2D eigenvalue weighted by Crippen LogP contribution is 2.31. The molecule has 2 fully saturated rings. The SMILES string of the molecule is C=C.C=CC(C)(C)C(C)CCC(=O)N1CCCC1C.CC(=O)NC1CC1.O=COF. The minimum Gasteiger partial charge on any atom is -0.354 e. The third kappa shape index (κ3) is 13.9. The van der Waals surface area contributed by atoms with Gasteiger partial charge >= 0.3 is 6.47 Å². The van der Waals surface area contributed by atoms with E-state index in [0.717, 1.165) is 13.0 Å². The second kappa shape index (κ2) is 16.6. The molecule has 0 bridgehead atoms. The molecule has 6 nitrogen and oxygen atoms in total. The third-order valence-electron chi connectivity index (χ3n) is 5.48. The standard InChI is InChI=1S/C15H27NO.C5H9NO.C2H4.CHFO2/c1-6-15(4,5)12(2)9-10-14(17)16-11-7-8-13(16)3;1-4(7)6-5-2-3-5;1-2;2-4-1-3/h6,12-13H,1,7-11H2,2-5H3;5H,2-3H2,1H3,(H,6,7);1-2H2;1H. The molecular formula is C23H41FN2O4. The van der Waals surface area contributed by atoms with E-state index < -0.39 is 0 Å². The largest absolute Gasteiger partial charge is 0.354 e. The van der Waals surface area contributed by atoms with Crippen LogP contribution in [-0.4, -0.2) is 41.8 Å². The molecule has 0 radical (unpaired) electrons. The highest BCUT2D eigenvalue weighted by atomic mass is 19.3. The molecule has 1 N–H and O–H groups in total. The molecule has 7 heteroatoms. The summed E-state index contributed by atoms with van der Waals surface area (Å²) in [7, 11) is 0. The maximum absolute atomic E-state index is 12.1. The van der Waals surface area contributed by atoms with E-state index >= 15 is 0 Å². The Morgan fingerprint density at radius 3 is 2.13 bits per heavy atom. The lowest BCUT2D eigenvalue weighted by molar-refractivity contribution is -0.165. The van der Waals surface area contributed by atoms with Crippen LogP contribution in [0.2, 0.25) is 0 Å². The van der Waals surface area contributed by atoms with Gasteiger partial charge in [0.2, 0.25) is 11.8 Å². The molecule has 2 amide bonds. The summed E-state index contributed by atoms with van der Waals surface area (Å²) < 4.78 is 9.85. The van der Waals surface area contributed by atoms with Gasteiger partial charge in [0.15, 0.2) is 0 Å². The lowest BCUT2D eigenvalue weighted by atomic mass is 9.78. The zero-order valence-electron chi connectivity index (χ0n) is 19.4. The molecule has 0 aromatic rings. The summed E-state index contributed by atoms with van der Waals surface area (Å²) in [6, 6.07) is 0.975. The number of rotatable bonds is 7. The number of allylic oxidation sites excluding steroid dienone is 1. The van der Waals surface area contributed by atoms with E-state index in [-0.39, 0.29) is 17.8 Å². The van der Waals surface area contributed by atoms with Crippen molar-refractivity contribution in [2.45, 2.75) is 85.2 Å². The van der Waals surface area contributed by atoms with Crippen LogP contribution in [0.25, 0.3) is 0 Å². The van der Waals surface area contributed by atoms with Gasteiger partial charge in [0.05, 0.1) is 0 Å². The molecule has 1 saturated heterocycles. The van der Waals surface area contributed by atoms with Crippen molar-refractivity contribution < 1.29 is 23.9 Å². The molecule has 0 aromatic carbocycles. The van der Waals surface area contributed by atoms with E-state index in [1.165, 1.54) is 25.7 Å². The molecule has 2 rings (SSSR count). The molecule has 0 aromatic heterocycles. The van der Waals surface area contributed by atoms with Crippen molar-refractivity contribution in [3.63, 3.8) is 0 Å². The van der Waals surface area contributed by atoms with Crippen LogP contribution < -0.4 is 5.32 Å². The van der Waals surface area contributed by atoms with Crippen molar-refractivity contribution in [1.29, 1.82) is 0 Å². The van der Waals surface area contributed by atoms with Crippen molar-refractivity contribution in [2.24, 2.45) is 11.3 Å². The maximum Gasteiger partial charge on any atom is 0.337 e. The molecule has 174 valence electrons. The first-order chi connectivity index (χ1) is 14.1. The first kappa shape index (κ1) is 30.0. The molecule has 1 aliphatic heterocycles. The fraction of sp³-hybridized carbons (Fsp3) is 0.696. The van der Waals surface area contributed by atoms with Crippen LogP contribution >= 0.6 is 0 Å². The zero-order valence-corrected chi connectivity index (χ0v) is 19.4. The van der Waals surface area contributed by atoms with E-state index in [9.17, 15) is 14.1 Å². The first-order valence-corrected chi connectivity index (χ1v) is 10.5. The van der Waals surface area contributed by atoms with Crippen LogP contribution in [-0.2, 0) is 19.3 Å². The highest BCUT2D eigenvalue weighted by molar-refractivity contribution is 5.76. The number of carbonyl (C=O) groups is 3. The molecule has 0 spiro atoms. The Labute approximate surface area is 181 Å². The van der Waals surface area contributed by atoms with Crippen LogP contribution in [0.3, 0.4) is 0 Å². The van der Waals surface area contributed by atoms with Crippen molar-refractivity contribution in [3.05, 3.63) is 25.8 Å². The third-order valence-corrected chi connectivity index (χ3v) is 5.48. The van der Waals surface area contributed by atoms with Crippen LogP contribution in [0, 0.1) is 11.3 Å². The van der Waals surface area contributed by atoms with Gasteiger partial charge in [-0.15, -0.1) is 19.7 Å². The molecule has 2 unspecified atom stereocenters. The predicted molar refractivity (Wildman–Crippen MR) is 119 cm³/mol. The Balaban J connectivity index is 0. The molecular weight excluding hydrogens is 387 g/mol. The van der Waals surface area contributed by atoms with Crippen LogP contribution in [0.5, 0.6) is 0 Å². The number of hydrogen-bond acceptors (Lipinski definition) is 4. The summed E-state index contributed by atoms with van der Waals surface area (Å²) in [4.78, 5) is 35.2. The number of carbonyl (C=O) groups excluding carboxylic acids is 3. The maximum atomic E-state index is 12.1. The van der Waals surface area contributed by atoms with Gasteiger partial charge in [0.25, 0.3) is 0 Å². The smallest absolute Gasteiger partial charge is 0.337 e. The number of nitrogens with one attached hydrogen (secondary N) is 1. The van der Waals surface area contributed by atoms with Gasteiger partial charge < -0.3 is 10.2 Å². The van der Waals surface area contributed by atoms with Gasteiger partial charge in [-0.05, 0) is 50.4 Å². The summed E-state index contributed by atoms with van der Waals surface area (Å²) in [5.74, 6) is 0.936. The summed E-state index contributed by atoms with van der Waals surface area (Å²) >= 11 is 0. The molecule has 2 atom stereocenters. The normalized spacial score (nSPS) is 18.1. The zero-order chi connectivity index (χ0) is 23.7. The number of likely N-dealkylation sites (tertiary alicyclic amines) is 1. The minimum atomic E-state index is -0.292. The molecule has 30 heavy (non-hydrogen) atoms. The number of hydrogen-bond donors (Lipinski definition) is 1. The number of nitrogens with zero attached hydrogens (tertiary/aromatic N) is 1. The topological polar surface area (TPSA) is 75.7 Å². The van der Waals surface area contributed by atoms with Gasteiger partial charge in [0.1, 0.15) is 0 Å². The fourth-order valence-electron chi connectivity index (χ4n) is 2.88. The van der Waals surface area contributed by atoms with E-state index in [0.29, 0.717) is 30.3 Å². The molecule has 1 saturated carbocycles. The Kier molecular flexibility index (Phi) is 16.6. The second-order valence-electron chi connectivity index (χ2n) is 8.20. The fourth-order valence-corrected chi connectivity index (χ4v) is 2.88. The van der Waals surface area contributed by atoms with E-state index in [1.54, 1.807) is 6.92 Å². The van der Waals surface area contributed by atoms with Crippen molar-refractivity contribution in [3.8, 4) is 0 Å². The van der Waals surface area contributed by atoms with Gasteiger partial charge in [0, 0.05) is 36.5 Å². The Bertz CT molecular complexity index is 521. The quantitative estimate of drug-likeness (QED) is 0.469. The predicted octanol–water partition coefficient (Wildman–Crippen LogP) is 4.76. The highest BCUT2D eigenvalue weighted by Gasteiger charge is 2.27. The summed E-state index contributed by atoms with van der Waals surface area (Å²) in [5, 5.41) is 2.78. The Morgan fingerprint density at radius 2 is 1.83 bits per heavy atom. The number of halogens is 1.